The molecule has 1 fully saturated rings. The van der Waals surface area contributed by atoms with Gasteiger partial charge in [0.1, 0.15) is 11.6 Å². The third-order valence-electron chi connectivity index (χ3n) is 8.27. The molecule has 4 nitrogen and oxygen atoms in total. The molecule has 2 atom stereocenters. The number of hydrogen-bond donors (Lipinski definition) is 1. The number of hydrogen-bond acceptors (Lipinski definition) is 3. The number of thioether (sulfide) groups is 1. The van der Waals surface area contributed by atoms with E-state index in [1.165, 1.54) is 12.6 Å². The van der Waals surface area contributed by atoms with Gasteiger partial charge < -0.3 is 14.6 Å². The fourth-order valence-electron chi connectivity index (χ4n) is 5.16. The Labute approximate surface area is 222 Å². The van der Waals surface area contributed by atoms with Crippen molar-refractivity contribution in [3.8, 4) is 5.75 Å². The van der Waals surface area contributed by atoms with Gasteiger partial charge in [-0.05, 0) is 66.8 Å². The molecule has 5 rings (SSSR count). The number of halogens is 2. The topological polar surface area (TPSA) is 43.3 Å². The summed E-state index contributed by atoms with van der Waals surface area (Å²) in [5.41, 5.74) is 2.19. The molecule has 7 heteroatoms. The van der Waals surface area contributed by atoms with Crippen LogP contribution in [0.4, 0.5) is 14.5 Å². The van der Waals surface area contributed by atoms with Crippen LogP contribution in [0.15, 0.2) is 41.3 Å². The average Bonchev–Trinajstić information content (AvgIpc) is 3.50. The molecule has 1 aliphatic carbocycles. The molecule has 1 aliphatic heterocycles. The summed E-state index contributed by atoms with van der Waals surface area (Å²) in [5, 5.41) is 1.99. The van der Waals surface area contributed by atoms with Gasteiger partial charge >= 0.3 is 0 Å². The summed E-state index contributed by atoms with van der Waals surface area (Å²) in [5.74, 6) is 0.229. The third kappa shape index (κ3) is 4.64. The Morgan fingerprint density at radius 3 is 2.59 bits per heavy atom. The van der Waals surface area contributed by atoms with Crippen molar-refractivity contribution in [3.05, 3.63) is 53.5 Å². The van der Waals surface area contributed by atoms with Crippen molar-refractivity contribution in [3.63, 3.8) is 0 Å². The first-order valence-electron chi connectivity index (χ1n) is 13.3. The zero-order chi connectivity index (χ0) is 26.8. The SMILES string of the molecule is CC[C@H](C)Cn1c(C(C)(C)CC)cc2cc(NC(=O)C3(c4ccc5c(c4)OC(C)(F)S5)CC3)c(F)cc21. The zero-order valence-electron chi connectivity index (χ0n) is 22.5. The van der Waals surface area contributed by atoms with Crippen molar-refractivity contribution in [1.29, 1.82) is 0 Å². The van der Waals surface area contributed by atoms with E-state index in [2.05, 4.69) is 50.6 Å². The maximum Gasteiger partial charge on any atom is 0.298 e. The van der Waals surface area contributed by atoms with Crippen molar-refractivity contribution < 1.29 is 18.3 Å². The summed E-state index contributed by atoms with van der Waals surface area (Å²) in [6.07, 6.45) is 3.31. The number of carbonyl (C=O) groups excluding carboxylic acids is 1. The number of carbonyl (C=O) groups is 1. The zero-order valence-corrected chi connectivity index (χ0v) is 23.3. The van der Waals surface area contributed by atoms with Gasteiger partial charge in [0.15, 0.2) is 0 Å². The minimum absolute atomic E-state index is 0.0615. The van der Waals surface area contributed by atoms with E-state index >= 15 is 4.39 Å². The van der Waals surface area contributed by atoms with Crippen molar-refractivity contribution >= 4 is 34.3 Å². The predicted octanol–water partition coefficient (Wildman–Crippen LogP) is 8.31. The number of aromatic nitrogens is 1. The van der Waals surface area contributed by atoms with Crippen LogP contribution in [0.3, 0.4) is 0 Å². The molecule has 1 saturated carbocycles. The van der Waals surface area contributed by atoms with Crippen LogP contribution in [0.2, 0.25) is 0 Å². The first-order chi connectivity index (χ1) is 17.4. The number of nitrogens with one attached hydrogen (secondary N) is 1. The Morgan fingerprint density at radius 1 is 1.22 bits per heavy atom. The van der Waals surface area contributed by atoms with Crippen LogP contribution in [0.5, 0.6) is 5.75 Å². The van der Waals surface area contributed by atoms with Gasteiger partial charge in [-0.15, -0.1) is 0 Å². The molecule has 2 aliphatic rings. The first kappa shape index (κ1) is 26.1. The molecule has 198 valence electrons. The van der Waals surface area contributed by atoms with E-state index in [0.717, 1.165) is 47.6 Å². The van der Waals surface area contributed by atoms with Crippen LogP contribution < -0.4 is 10.1 Å². The highest BCUT2D eigenvalue weighted by molar-refractivity contribution is 8.00. The van der Waals surface area contributed by atoms with Crippen molar-refractivity contribution in [1.82, 2.24) is 4.57 Å². The Kier molecular flexibility index (Phi) is 6.37. The maximum atomic E-state index is 15.5. The number of nitrogens with zero attached hydrogens (tertiary/aromatic N) is 1. The molecule has 0 spiro atoms. The molecule has 37 heavy (non-hydrogen) atoms. The van der Waals surface area contributed by atoms with Gasteiger partial charge in [-0.2, -0.15) is 4.39 Å². The molecule has 1 unspecified atom stereocenters. The van der Waals surface area contributed by atoms with E-state index in [-0.39, 0.29) is 17.0 Å². The molecule has 0 radical (unpaired) electrons. The Balaban J connectivity index is 1.46. The second kappa shape index (κ2) is 9.04. The summed E-state index contributed by atoms with van der Waals surface area (Å²) in [6.45, 7) is 13.2. The van der Waals surface area contributed by atoms with Gasteiger partial charge in [-0.3, -0.25) is 4.79 Å². The quantitative estimate of drug-likeness (QED) is 0.321. The molecule has 1 N–H and O–H groups in total. The van der Waals surface area contributed by atoms with Crippen LogP contribution in [0.1, 0.15) is 78.5 Å². The van der Waals surface area contributed by atoms with Crippen LogP contribution in [0.25, 0.3) is 10.9 Å². The van der Waals surface area contributed by atoms with E-state index in [0.29, 0.717) is 29.4 Å². The van der Waals surface area contributed by atoms with E-state index < -0.39 is 16.4 Å². The van der Waals surface area contributed by atoms with E-state index in [4.69, 9.17) is 4.74 Å². The average molecular weight is 527 g/mol. The summed E-state index contributed by atoms with van der Waals surface area (Å²) in [7, 11) is 0. The molecule has 2 heterocycles. The largest absolute Gasteiger partial charge is 0.448 e. The molecular formula is C30H36F2N2O2S. The lowest BCUT2D eigenvalue weighted by atomic mass is 9.86. The van der Waals surface area contributed by atoms with Crippen molar-refractivity contribution in [2.24, 2.45) is 5.92 Å². The second-order valence-electron chi connectivity index (χ2n) is 11.5. The second-order valence-corrected chi connectivity index (χ2v) is 12.9. The molecule has 2 aromatic carbocycles. The van der Waals surface area contributed by atoms with Crippen LogP contribution >= 0.6 is 11.8 Å². The summed E-state index contributed by atoms with van der Waals surface area (Å²) in [6, 6.07) is 10.9. The highest BCUT2D eigenvalue weighted by atomic mass is 32.2. The smallest absolute Gasteiger partial charge is 0.298 e. The van der Waals surface area contributed by atoms with E-state index in [1.54, 1.807) is 24.3 Å². The standard InChI is InChI=1S/C30H36F2N2O2S/c1-7-18(3)17-34-23-16-21(31)22(13-19(23)14-26(34)28(4,5)8-2)33-27(35)30(11-12-30)20-9-10-25-24(15-20)36-29(6,32)37-25/h9-10,13-16,18H,7-8,11-12,17H2,1-6H3,(H,33,35)/t18-,29?/m0/s1. The lowest BCUT2D eigenvalue weighted by molar-refractivity contribution is -0.118. The van der Waals surface area contributed by atoms with E-state index in [9.17, 15) is 9.18 Å². The normalized spacial score (nSPS) is 21.0. The van der Waals surface area contributed by atoms with Gasteiger partial charge in [0, 0.05) is 36.0 Å². The number of ether oxygens (including phenoxy) is 1. The Morgan fingerprint density at radius 2 is 1.95 bits per heavy atom. The Hall–Kier alpha value is -2.54. The van der Waals surface area contributed by atoms with Gasteiger partial charge in [0.2, 0.25) is 5.91 Å². The number of amides is 1. The fraction of sp³-hybridized carbons (Fsp3) is 0.500. The van der Waals surface area contributed by atoms with Crippen molar-refractivity contribution in [2.45, 2.75) is 94.7 Å². The van der Waals surface area contributed by atoms with Gasteiger partial charge in [-0.1, -0.05) is 47.1 Å². The number of benzene rings is 2. The minimum atomic E-state index is -1.81. The van der Waals surface area contributed by atoms with Crippen LogP contribution in [-0.4, -0.2) is 15.7 Å². The van der Waals surface area contributed by atoms with Crippen molar-refractivity contribution in [2.75, 3.05) is 5.32 Å². The van der Waals surface area contributed by atoms with Gasteiger partial charge in [0.25, 0.3) is 5.19 Å². The summed E-state index contributed by atoms with van der Waals surface area (Å²) < 4.78 is 37.4. The predicted molar refractivity (Wildman–Crippen MR) is 147 cm³/mol. The van der Waals surface area contributed by atoms with Gasteiger partial charge in [-0.25, -0.2) is 4.39 Å². The lowest BCUT2D eigenvalue weighted by Gasteiger charge is -2.26. The number of fused-ring (bicyclic) bond motifs is 2. The summed E-state index contributed by atoms with van der Waals surface area (Å²) in [4.78, 5) is 14.2. The number of rotatable bonds is 8. The molecule has 3 aromatic rings. The van der Waals surface area contributed by atoms with E-state index in [1.807, 2.05) is 6.07 Å². The Bertz CT molecular complexity index is 1370. The summed E-state index contributed by atoms with van der Waals surface area (Å²) >= 11 is 1.02. The third-order valence-corrected chi connectivity index (χ3v) is 9.28. The lowest BCUT2D eigenvalue weighted by Crippen LogP contribution is -2.28. The number of anilines is 1. The maximum absolute atomic E-state index is 15.5. The molecule has 1 aromatic heterocycles. The molecule has 0 saturated heterocycles. The first-order valence-corrected chi connectivity index (χ1v) is 14.1. The molecule has 0 bridgehead atoms. The monoisotopic (exact) mass is 526 g/mol. The number of alkyl halides is 1. The minimum Gasteiger partial charge on any atom is -0.448 e. The fourth-order valence-corrected chi connectivity index (χ4v) is 6.02. The van der Waals surface area contributed by atoms with Crippen LogP contribution in [-0.2, 0) is 22.2 Å². The highest BCUT2D eigenvalue weighted by Crippen LogP contribution is 2.54. The highest BCUT2D eigenvalue weighted by Gasteiger charge is 2.52. The van der Waals surface area contributed by atoms with Crippen LogP contribution in [0, 0.1) is 11.7 Å². The van der Waals surface area contributed by atoms with Gasteiger partial charge in [0.05, 0.1) is 21.5 Å². The molecular weight excluding hydrogens is 490 g/mol. The molecule has 1 amide bonds.